The van der Waals surface area contributed by atoms with Gasteiger partial charge in [-0.1, -0.05) is 11.8 Å². The number of aromatic nitrogens is 4. The molecule has 0 spiro atoms. The molecule has 5 N–H and O–H groups in total. The van der Waals surface area contributed by atoms with Gasteiger partial charge in [0.05, 0.1) is 30.2 Å². The average molecular weight is 564 g/mol. The van der Waals surface area contributed by atoms with Crippen molar-refractivity contribution >= 4 is 28.8 Å². The molecule has 0 bridgehead atoms. The number of methoxy groups -OCH3 is 1. The molecule has 1 aliphatic rings. The van der Waals surface area contributed by atoms with Gasteiger partial charge in [-0.25, -0.2) is 27.1 Å². The molecule has 2 atom stereocenters. The van der Waals surface area contributed by atoms with Crippen molar-refractivity contribution in [3.05, 3.63) is 54.5 Å². The van der Waals surface area contributed by atoms with Gasteiger partial charge in [-0.2, -0.15) is 5.10 Å². The van der Waals surface area contributed by atoms with Crippen molar-refractivity contribution in [2.45, 2.75) is 40.8 Å². The number of anilines is 2. The summed E-state index contributed by atoms with van der Waals surface area (Å²) in [6, 6.07) is 7.02. The molecular weight excluding hydrogens is 538 g/mol. The number of aliphatic hydroxyl groups is 1. The maximum atomic E-state index is 14.9. The lowest BCUT2D eigenvalue weighted by atomic mass is 9.84. The van der Waals surface area contributed by atoms with Gasteiger partial charge >= 0.3 is 0 Å². The summed E-state index contributed by atoms with van der Waals surface area (Å²) in [5, 5.41) is 15.0. The van der Waals surface area contributed by atoms with E-state index in [0.29, 0.717) is 34.1 Å². The molecule has 0 saturated carbocycles. The van der Waals surface area contributed by atoms with Crippen LogP contribution in [0.2, 0.25) is 0 Å². The Bertz CT molecular complexity index is 1520. The second kappa shape index (κ2) is 10.5. The first kappa shape index (κ1) is 27.0. The number of nitrogens with two attached hydrogens (primary N) is 2. The quantitative estimate of drug-likeness (QED) is 0.288. The minimum atomic E-state index is -3.01. The number of hydrogen-bond donors (Lipinski definition) is 3. The van der Waals surface area contributed by atoms with Crippen molar-refractivity contribution in [3.8, 4) is 17.0 Å². The summed E-state index contributed by atoms with van der Waals surface area (Å²) in [6.07, 6.45) is -1.61. The van der Waals surface area contributed by atoms with Crippen LogP contribution in [0.25, 0.3) is 16.8 Å². The highest BCUT2D eigenvalue weighted by Crippen LogP contribution is 2.41. The Morgan fingerprint density at radius 3 is 2.69 bits per heavy atom. The largest absolute Gasteiger partial charge is 0.494 e. The molecule has 4 aromatic rings. The Hall–Kier alpha value is -3.62. The molecule has 3 aromatic heterocycles. The molecule has 5 rings (SSSR count). The minimum absolute atomic E-state index is 0.0668. The molecule has 206 valence electrons. The van der Waals surface area contributed by atoms with Gasteiger partial charge in [-0.3, -0.25) is 4.98 Å². The van der Waals surface area contributed by atoms with E-state index in [1.807, 2.05) is 0 Å². The van der Waals surface area contributed by atoms with E-state index in [1.54, 1.807) is 27.6 Å². The number of nitrogen functional groups attached to an aromatic ring is 1. The standard InChI is InChI=1S/C25H25F4N7O2S/c1-38-19-8-14(26)13(7-15(19)27)16-9-20(39-21-4-3-17-24(30)33-12-34-36(17)21)18(10-32-16)35-6-2-5-25(31,11-35)22(37)23(28)29/h3-4,7-10,12,22-23,37H,2,5-6,11,31H2,1H3,(H2,30,33,34)/t22-,25+/m1/s1. The summed E-state index contributed by atoms with van der Waals surface area (Å²) < 4.78 is 62.6. The fourth-order valence-electron chi connectivity index (χ4n) is 4.71. The summed E-state index contributed by atoms with van der Waals surface area (Å²) >= 11 is 1.24. The van der Waals surface area contributed by atoms with Crippen LogP contribution < -0.4 is 21.1 Å². The third kappa shape index (κ3) is 5.06. The fourth-order valence-corrected chi connectivity index (χ4v) is 5.76. The number of nitrogens with zero attached hydrogens (tertiary/aromatic N) is 5. The number of aliphatic hydroxyl groups excluding tert-OH is 1. The SMILES string of the molecule is COc1cc(F)c(-c2cc(Sc3ccc4c(N)ncnn34)c(N3CCC[C@@](N)([C@H](O)C(F)F)C3)cn2)cc1F. The zero-order valence-electron chi connectivity index (χ0n) is 20.7. The second-order valence-electron chi connectivity index (χ2n) is 9.26. The Balaban J connectivity index is 1.60. The maximum absolute atomic E-state index is 14.9. The number of halogens is 4. The Morgan fingerprint density at radius 1 is 1.15 bits per heavy atom. The lowest BCUT2D eigenvalue weighted by Crippen LogP contribution is -2.63. The molecule has 9 nitrogen and oxygen atoms in total. The number of ether oxygens (including phenoxy) is 1. The molecule has 14 heteroatoms. The van der Waals surface area contributed by atoms with E-state index < -0.39 is 29.7 Å². The van der Waals surface area contributed by atoms with Gasteiger partial charge in [0.1, 0.15) is 28.8 Å². The summed E-state index contributed by atoms with van der Waals surface area (Å²) in [5.41, 5.74) is 11.8. The van der Waals surface area contributed by atoms with Gasteiger partial charge in [0, 0.05) is 29.6 Å². The smallest absolute Gasteiger partial charge is 0.265 e. The number of pyridine rings is 1. The molecule has 1 fully saturated rings. The lowest BCUT2D eigenvalue weighted by molar-refractivity contribution is -0.0529. The van der Waals surface area contributed by atoms with Gasteiger partial charge in [-0.05, 0) is 37.1 Å². The van der Waals surface area contributed by atoms with Crippen LogP contribution in [0.15, 0.2) is 52.8 Å². The maximum Gasteiger partial charge on any atom is 0.265 e. The molecule has 0 amide bonds. The molecule has 4 heterocycles. The molecular formula is C25H25F4N7O2S. The topological polar surface area (TPSA) is 128 Å². The van der Waals surface area contributed by atoms with Crippen LogP contribution in [0.5, 0.6) is 5.75 Å². The number of fused-ring (bicyclic) bond motifs is 1. The Labute approximate surface area is 224 Å². The summed E-state index contributed by atoms with van der Waals surface area (Å²) in [7, 11) is 1.23. The van der Waals surface area contributed by atoms with Crippen molar-refractivity contribution in [1.82, 2.24) is 19.6 Å². The fraction of sp³-hybridized carbons (Fsp3) is 0.320. The molecule has 1 aromatic carbocycles. The second-order valence-corrected chi connectivity index (χ2v) is 10.3. The monoisotopic (exact) mass is 563 g/mol. The predicted octanol–water partition coefficient (Wildman–Crippen LogP) is 3.74. The van der Waals surface area contributed by atoms with Crippen LogP contribution in [0, 0.1) is 11.6 Å². The number of benzene rings is 1. The minimum Gasteiger partial charge on any atom is -0.494 e. The zero-order chi connectivity index (χ0) is 27.9. The normalized spacial score (nSPS) is 18.6. The van der Waals surface area contributed by atoms with Crippen LogP contribution in [0.1, 0.15) is 12.8 Å². The van der Waals surface area contributed by atoms with Crippen molar-refractivity contribution < 1.29 is 27.4 Å². The third-order valence-corrected chi connectivity index (χ3v) is 7.81. The molecule has 0 radical (unpaired) electrons. The lowest BCUT2D eigenvalue weighted by Gasteiger charge is -2.44. The van der Waals surface area contributed by atoms with Crippen molar-refractivity contribution in [1.29, 1.82) is 0 Å². The summed E-state index contributed by atoms with van der Waals surface area (Å²) in [4.78, 5) is 10.7. The van der Waals surface area contributed by atoms with Crippen LogP contribution in [-0.2, 0) is 0 Å². The van der Waals surface area contributed by atoms with E-state index in [9.17, 15) is 22.7 Å². The van der Waals surface area contributed by atoms with E-state index in [0.717, 1.165) is 12.1 Å². The first-order valence-electron chi connectivity index (χ1n) is 11.9. The predicted molar refractivity (Wildman–Crippen MR) is 138 cm³/mol. The Morgan fingerprint density at radius 2 is 1.95 bits per heavy atom. The van der Waals surface area contributed by atoms with Gasteiger partial charge in [0.2, 0.25) is 0 Å². The highest BCUT2D eigenvalue weighted by molar-refractivity contribution is 7.99. The summed E-state index contributed by atoms with van der Waals surface area (Å²) in [6.45, 7) is 0.391. The highest BCUT2D eigenvalue weighted by atomic mass is 32.2. The van der Waals surface area contributed by atoms with Crippen LogP contribution in [-0.4, -0.2) is 63.0 Å². The van der Waals surface area contributed by atoms with Gasteiger partial charge in [0.15, 0.2) is 17.4 Å². The van der Waals surface area contributed by atoms with E-state index >= 15 is 0 Å². The van der Waals surface area contributed by atoms with Crippen molar-refractivity contribution in [2.75, 3.05) is 30.8 Å². The molecule has 39 heavy (non-hydrogen) atoms. The number of rotatable bonds is 7. The summed E-state index contributed by atoms with van der Waals surface area (Å²) in [5.74, 6) is -1.47. The number of hydrogen-bond acceptors (Lipinski definition) is 9. The molecule has 1 saturated heterocycles. The van der Waals surface area contributed by atoms with Crippen LogP contribution in [0.4, 0.5) is 29.1 Å². The van der Waals surface area contributed by atoms with Crippen LogP contribution >= 0.6 is 11.8 Å². The van der Waals surface area contributed by atoms with E-state index in [2.05, 4.69) is 15.1 Å². The van der Waals surface area contributed by atoms with E-state index in [1.165, 1.54) is 31.4 Å². The zero-order valence-corrected chi connectivity index (χ0v) is 21.5. The van der Waals surface area contributed by atoms with Gasteiger partial charge in [0.25, 0.3) is 6.43 Å². The molecule has 0 unspecified atom stereocenters. The first-order valence-corrected chi connectivity index (χ1v) is 12.7. The average Bonchev–Trinajstić information content (AvgIpc) is 3.33. The number of alkyl halides is 2. The van der Waals surface area contributed by atoms with Crippen LogP contribution in [0.3, 0.4) is 0 Å². The van der Waals surface area contributed by atoms with E-state index in [-0.39, 0.29) is 35.8 Å². The first-order chi connectivity index (χ1) is 18.6. The number of piperidine rings is 1. The van der Waals surface area contributed by atoms with E-state index in [4.69, 9.17) is 16.2 Å². The molecule has 1 aliphatic heterocycles. The third-order valence-electron chi connectivity index (χ3n) is 6.75. The van der Waals surface area contributed by atoms with Crippen molar-refractivity contribution in [2.24, 2.45) is 5.73 Å². The van der Waals surface area contributed by atoms with Crippen molar-refractivity contribution in [3.63, 3.8) is 0 Å². The molecule has 0 aliphatic carbocycles. The highest BCUT2D eigenvalue weighted by Gasteiger charge is 2.43. The van der Waals surface area contributed by atoms with Gasteiger partial charge < -0.3 is 26.2 Å². The Kier molecular flexibility index (Phi) is 7.27. The van der Waals surface area contributed by atoms with Gasteiger partial charge in [-0.15, -0.1) is 0 Å².